The van der Waals surface area contributed by atoms with Crippen LogP contribution in [0.2, 0.25) is 0 Å². The van der Waals surface area contributed by atoms with Crippen LogP contribution in [0.1, 0.15) is 5.69 Å². The van der Waals surface area contributed by atoms with Gasteiger partial charge >= 0.3 is 0 Å². The Kier molecular flexibility index (Phi) is 3.52. The van der Waals surface area contributed by atoms with E-state index in [2.05, 4.69) is 25.9 Å². The maximum absolute atomic E-state index is 11.4. The molecule has 0 bridgehead atoms. The maximum Gasteiger partial charge on any atom is 0.251 e. The molecule has 2 heterocycles. The first kappa shape index (κ1) is 11.5. The highest BCUT2D eigenvalue weighted by Crippen LogP contribution is 2.26. The van der Waals surface area contributed by atoms with Gasteiger partial charge in [0.25, 0.3) is 5.56 Å². The van der Waals surface area contributed by atoms with Gasteiger partial charge in [-0.1, -0.05) is 0 Å². The Morgan fingerprint density at radius 2 is 2.38 bits per heavy atom. The van der Waals surface area contributed by atoms with E-state index >= 15 is 0 Å². The molecule has 16 heavy (non-hydrogen) atoms. The highest BCUT2D eigenvalue weighted by Gasteiger charge is 2.06. The first-order valence-corrected chi connectivity index (χ1v) is 6.20. The van der Waals surface area contributed by atoms with E-state index in [9.17, 15) is 4.79 Å². The van der Waals surface area contributed by atoms with Gasteiger partial charge in [0, 0.05) is 23.0 Å². The third-order valence-corrected chi connectivity index (χ3v) is 3.59. The standard InChI is InChI=1S/C10H9BrN2O2S/c1-15-4-7-3-9(14)13-10(12-7)8-2-6(11)5-16-8/h2-3,5H,4H2,1H3,(H,12,13,14). The summed E-state index contributed by atoms with van der Waals surface area (Å²) >= 11 is 4.88. The summed E-state index contributed by atoms with van der Waals surface area (Å²) in [6.07, 6.45) is 0. The number of halogens is 1. The molecule has 4 nitrogen and oxygen atoms in total. The molecule has 0 saturated carbocycles. The highest BCUT2D eigenvalue weighted by atomic mass is 79.9. The normalized spacial score (nSPS) is 10.6. The zero-order valence-corrected chi connectivity index (χ0v) is 10.9. The lowest BCUT2D eigenvalue weighted by Crippen LogP contribution is -2.10. The second-order valence-electron chi connectivity index (χ2n) is 3.15. The second-order valence-corrected chi connectivity index (χ2v) is 4.97. The van der Waals surface area contributed by atoms with Crippen molar-refractivity contribution in [3.8, 4) is 10.7 Å². The minimum atomic E-state index is -0.165. The second kappa shape index (κ2) is 4.90. The van der Waals surface area contributed by atoms with Crippen LogP contribution in [0.5, 0.6) is 0 Å². The van der Waals surface area contributed by atoms with Crippen LogP contribution in [0.3, 0.4) is 0 Å². The lowest BCUT2D eigenvalue weighted by atomic mass is 10.4. The van der Waals surface area contributed by atoms with Crippen LogP contribution in [-0.2, 0) is 11.3 Å². The van der Waals surface area contributed by atoms with Crippen molar-refractivity contribution in [2.24, 2.45) is 0 Å². The summed E-state index contributed by atoms with van der Waals surface area (Å²) in [6.45, 7) is 0.337. The van der Waals surface area contributed by atoms with E-state index in [1.165, 1.54) is 17.4 Å². The highest BCUT2D eigenvalue weighted by molar-refractivity contribution is 9.10. The quantitative estimate of drug-likeness (QED) is 0.947. The Balaban J connectivity index is 2.44. The summed E-state index contributed by atoms with van der Waals surface area (Å²) in [5.74, 6) is 0.579. The topological polar surface area (TPSA) is 55.0 Å². The van der Waals surface area contributed by atoms with E-state index in [1.807, 2.05) is 11.4 Å². The molecule has 2 aromatic rings. The number of methoxy groups -OCH3 is 1. The van der Waals surface area contributed by atoms with Crippen molar-refractivity contribution in [1.29, 1.82) is 0 Å². The number of thiophene rings is 1. The Hall–Kier alpha value is -0.980. The van der Waals surface area contributed by atoms with Gasteiger partial charge in [0.2, 0.25) is 0 Å². The number of nitrogens with one attached hydrogen (secondary N) is 1. The van der Waals surface area contributed by atoms with E-state index in [-0.39, 0.29) is 5.56 Å². The third-order valence-electron chi connectivity index (χ3n) is 1.89. The number of hydrogen-bond donors (Lipinski definition) is 1. The Morgan fingerprint density at radius 1 is 1.56 bits per heavy atom. The van der Waals surface area contributed by atoms with Crippen LogP contribution in [0.4, 0.5) is 0 Å². The van der Waals surface area contributed by atoms with Gasteiger partial charge in [0.1, 0.15) is 0 Å². The van der Waals surface area contributed by atoms with E-state index in [0.717, 1.165) is 9.35 Å². The molecule has 0 fully saturated rings. The van der Waals surface area contributed by atoms with Gasteiger partial charge in [-0.3, -0.25) is 4.79 Å². The number of nitrogens with zero attached hydrogens (tertiary/aromatic N) is 1. The molecule has 0 aliphatic rings. The summed E-state index contributed by atoms with van der Waals surface area (Å²) in [7, 11) is 1.57. The van der Waals surface area contributed by atoms with Crippen molar-refractivity contribution in [2.75, 3.05) is 7.11 Å². The molecule has 0 amide bonds. The van der Waals surface area contributed by atoms with Gasteiger partial charge < -0.3 is 9.72 Å². The smallest absolute Gasteiger partial charge is 0.251 e. The molecular weight excluding hydrogens is 292 g/mol. The molecule has 2 rings (SSSR count). The van der Waals surface area contributed by atoms with Gasteiger partial charge in [-0.25, -0.2) is 4.98 Å². The number of aromatic nitrogens is 2. The third kappa shape index (κ3) is 2.58. The number of ether oxygens (including phenoxy) is 1. The predicted molar refractivity (Wildman–Crippen MR) is 66.6 cm³/mol. The zero-order chi connectivity index (χ0) is 11.5. The van der Waals surface area contributed by atoms with Crippen LogP contribution >= 0.6 is 27.3 Å². The van der Waals surface area contributed by atoms with Gasteiger partial charge in [0.05, 0.1) is 17.2 Å². The van der Waals surface area contributed by atoms with Gasteiger partial charge in [-0.15, -0.1) is 11.3 Å². The number of H-pyrrole nitrogens is 1. The van der Waals surface area contributed by atoms with Gasteiger partial charge in [-0.2, -0.15) is 0 Å². The maximum atomic E-state index is 11.4. The Morgan fingerprint density at radius 3 is 3.00 bits per heavy atom. The van der Waals surface area contributed by atoms with Crippen molar-refractivity contribution in [3.05, 3.63) is 38.0 Å². The van der Waals surface area contributed by atoms with Crippen molar-refractivity contribution in [2.45, 2.75) is 6.61 Å². The molecule has 0 saturated heterocycles. The fourth-order valence-electron chi connectivity index (χ4n) is 1.28. The molecule has 0 spiro atoms. The first-order valence-electron chi connectivity index (χ1n) is 4.52. The van der Waals surface area contributed by atoms with E-state index < -0.39 is 0 Å². The largest absolute Gasteiger partial charge is 0.378 e. The number of aromatic amines is 1. The van der Waals surface area contributed by atoms with Crippen LogP contribution in [0, 0.1) is 0 Å². The molecule has 2 aromatic heterocycles. The van der Waals surface area contributed by atoms with Crippen LogP contribution in [-0.4, -0.2) is 17.1 Å². The molecular formula is C10H9BrN2O2S. The summed E-state index contributed by atoms with van der Waals surface area (Å²) < 4.78 is 5.94. The molecule has 84 valence electrons. The lowest BCUT2D eigenvalue weighted by Gasteiger charge is -2.01. The SMILES string of the molecule is COCc1cc(=O)[nH]c(-c2cc(Br)cs2)n1. The van der Waals surface area contributed by atoms with E-state index in [1.54, 1.807) is 7.11 Å². The number of rotatable bonds is 3. The summed E-state index contributed by atoms with van der Waals surface area (Å²) in [4.78, 5) is 19.3. The minimum absolute atomic E-state index is 0.165. The van der Waals surface area contributed by atoms with Gasteiger partial charge in [0.15, 0.2) is 5.82 Å². The van der Waals surface area contributed by atoms with Crippen molar-refractivity contribution in [3.63, 3.8) is 0 Å². The monoisotopic (exact) mass is 300 g/mol. The average Bonchev–Trinajstić information content (AvgIpc) is 2.64. The van der Waals surface area contributed by atoms with Gasteiger partial charge in [-0.05, 0) is 22.0 Å². The molecule has 6 heteroatoms. The lowest BCUT2D eigenvalue weighted by molar-refractivity contribution is 0.181. The van der Waals surface area contributed by atoms with E-state index in [0.29, 0.717) is 18.1 Å². The fraction of sp³-hybridized carbons (Fsp3) is 0.200. The Bertz CT molecular complexity index is 550. The molecule has 0 aliphatic heterocycles. The predicted octanol–water partition coefficient (Wildman–Crippen LogP) is 2.41. The molecule has 0 aliphatic carbocycles. The first-order chi connectivity index (χ1) is 7.69. The zero-order valence-electron chi connectivity index (χ0n) is 8.49. The van der Waals surface area contributed by atoms with Crippen molar-refractivity contribution >= 4 is 27.3 Å². The summed E-state index contributed by atoms with van der Waals surface area (Å²) in [6, 6.07) is 3.36. The molecule has 1 N–H and O–H groups in total. The molecule has 0 atom stereocenters. The Labute approximate surface area is 104 Å². The molecule has 0 aromatic carbocycles. The van der Waals surface area contributed by atoms with Crippen LogP contribution in [0.15, 0.2) is 26.8 Å². The van der Waals surface area contributed by atoms with Crippen LogP contribution < -0.4 is 5.56 Å². The minimum Gasteiger partial charge on any atom is -0.378 e. The average molecular weight is 301 g/mol. The number of hydrogen-bond acceptors (Lipinski definition) is 4. The van der Waals surface area contributed by atoms with E-state index in [4.69, 9.17) is 4.74 Å². The van der Waals surface area contributed by atoms with Crippen molar-refractivity contribution < 1.29 is 4.74 Å². The van der Waals surface area contributed by atoms with Crippen LogP contribution in [0.25, 0.3) is 10.7 Å². The fourth-order valence-corrected chi connectivity index (χ4v) is 2.66. The molecule has 0 radical (unpaired) electrons. The van der Waals surface area contributed by atoms with Crippen molar-refractivity contribution in [1.82, 2.24) is 9.97 Å². The molecule has 0 unspecified atom stereocenters. The summed E-state index contributed by atoms with van der Waals surface area (Å²) in [5.41, 5.74) is 0.465. The summed E-state index contributed by atoms with van der Waals surface area (Å²) in [5, 5.41) is 1.94.